The van der Waals surface area contributed by atoms with Gasteiger partial charge in [0.05, 0.1) is 0 Å². The van der Waals surface area contributed by atoms with E-state index in [-0.39, 0.29) is 0 Å². The third-order valence-electron chi connectivity index (χ3n) is 2.21. The Kier molecular flexibility index (Phi) is 3.66. The highest BCUT2D eigenvalue weighted by Gasteiger charge is 2.20. The van der Waals surface area contributed by atoms with Crippen LogP contribution in [0.25, 0.3) is 0 Å². The van der Waals surface area contributed by atoms with E-state index in [4.69, 9.17) is 11.6 Å². The third kappa shape index (κ3) is 2.99. The van der Waals surface area contributed by atoms with Crippen LogP contribution in [0.1, 0.15) is 10.9 Å². The first-order valence-corrected chi connectivity index (χ1v) is 6.21. The van der Waals surface area contributed by atoms with Gasteiger partial charge in [-0.25, -0.2) is 4.79 Å². The van der Waals surface area contributed by atoms with Gasteiger partial charge in [0.2, 0.25) is 0 Å². The first-order valence-electron chi connectivity index (χ1n) is 4.95. The van der Waals surface area contributed by atoms with Crippen molar-refractivity contribution >= 4 is 34.6 Å². The number of nitrogens with one attached hydrogen (secondary N) is 1. The van der Waals surface area contributed by atoms with Gasteiger partial charge in [0.15, 0.2) is 6.04 Å². The van der Waals surface area contributed by atoms with E-state index in [0.717, 1.165) is 4.88 Å². The average molecular weight is 268 g/mol. The molecule has 0 spiro atoms. The van der Waals surface area contributed by atoms with Crippen molar-refractivity contribution in [3.8, 4) is 0 Å². The molecule has 1 aromatic heterocycles. The maximum atomic E-state index is 11.2. The molecular formula is C12H10ClNO2S. The summed E-state index contributed by atoms with van der Waals surface area (Å²) in [7, 11) is 0. The van der Waals surface area contributed by atoms with Gasteiger partial charge in [0.1, 0.15) is 0 Å². The fraction of sp³-hybridized carbons (Fsp3) is 0.0833. The van der Waals surface area contributed by atoms with Crippen molar-refractivity contribution in [1.82, 2.24) is 0 Å². The molecule has 0 bridgehead atoms. The second kappa shape index (κ2) is 5.21. The lowest BCUT2D eigenvalue weighted by molar-refractivity contribution is -0.138. The number of halogens is 1. The monoisotopic (exact) mass is 267 g/mol. The number of carboxylic acids is 1. The molecular weight excluding hydrogens is 258 g/mol. The number of carbonyl (C=O) groups is 1. The van der Waals surface area contributed by atoms with E-state index in [2.05, 4.69) is 5.32 Å². The van der Waals surface area contributed by atoms with Crippen LogP contribution in [0.2, 0.25) is 5.02 Å². The Balaban J connectivity index is 2.22. The number of aliphatic carboxylic acids is 1. The largest absolute Gasteiger partial charge is 0.479 e. The van der Waals surface area contributed by atoms with Gasteiger partial charge in [0, 0.05) is 15.6 Å². The molecule has 17 heavy (non-hydrogen) atoms. The SMILES string of the molecule is O=C(O)C(Nc1cccc(Cl)c1)c1cccs1. The van der Waals surface area contributed by atoms with Gasteiger partial charge in [-0.3, -0.25) is 0 Å². The maximum Gasteiger partial charge on any atom is 0.331 e. The lowest BCUT2D eigenvalue weighted by Gasteiger charge is -2.14. The summed E-state index contributed by atoms with van der Waals surface area (Å²) in [5.41, 5.74) is 0.693. The van der Waals surface area contributed by atoms with Crippen LogP contribution in [-0.4, -0.2) is 11.1 Å². The topological polar surface area (TPSA) is 49.3 Å². The van der Waals surface area contributed by atoms with Crippen LogP contribution in [0.4, 0.5) is 5.69 Å². The Morgan fingerprint density at radius 3 is 2.76 bits per heavy atom. The smallest absolute Gasteiger partial charge is 0.331 e. The highest BCUT2D eigenvalue weighted by atomic mass is 35.5. The highest BCUT2D eigenvalue weighted by molar-refractivity contribution is 7.10. The molecule has 0 saturated carbocycles. The standard InChI is InChI=1S/C12H10ClNO2S/c13-8-3-1-4-9(7-8)14-11(12(15)16)10-5-2-6-17-10/h1-7,11,14H,(H,15,16). The van der Waals surface area contributed by atoms with E-state index < -0.39 is 12.0 Å². The van der Waals surface area contributed by atoms with E-state index >= 15 is 0 Å². The van der Waals surface area contributed by atoms with Gasteiger partial charge in [0.25, 0.3) is 0 Å². The van der Waals surface area contributed by atoms with Crippen LogP contribution in [0.5, 0.6) is 0 Å². The Hall–Kier alpha value is -1.52. The van der Waals surface area contributed by atoms with E-state index in [9.17, 15) is 9.90 Å². The lowest BCUT2D eigenvalue weighted by atomic mass is 10.2. The molecule has 1 heterocycles. The summed E-state index contributed by atoms with van der Waals surface area (Å²) < 4.78 is 0. The third-order valence-corrected chi connectivity index (χ3v) is 3.38. The van der Waals surface area contributed by atoms with Gasteiger partial charge in [-0.15, -0.1) is 11.3 Å². The Morgan fingerprint density at radius 2 is 2.18 bits per heavy atom. The average Bonchev–Trinajstić information content (AvgIpc) is 2.78. The molecule has 0 aliphatic heterocycles. The Morgan fingerprint density at radius 1 is 1.35 bits per heavy atom. The molecule has 0 radical (unpaired) electrons. The first-order chi connectivity index (χ1) is 8.16. The molecule has 88 valence electrons. The van der Waals surface area contributed by atoms with Crippen LogP contribution in [0.3, 0.4) is 0 Å². The van der Waals surface area contributed by atoms with Crippen molar-refractivity contribution in [2.75, 3.05) is 5.32 Å². The molecule has 0 amide bonds. The quantitative estimate of drug-likeness (QED) is 0.889. The summed E-state index contributed by atoms with van der Waals surface area (Å²) >= 11 is 7.25. The summed E-state index contributed by atoms with van der Waals surface area (Å²) in [5, 5.41) is 14.6. The van der Waals surface area contributed by atoms with Crippen molar-refractivity contribution in [1.29, 1.82) is 0 Å². The first kappa shape index (κ1) is 12.0. The molecule has 0 fully saturated rings. The summed E-state index contributed by atoms with van der Waals surface area (Å²) in [6.45, 7) is 0. The maximum absolute atomic E-state index is 11.2. The molecule has 1 unspecified atom stereocenters. The predicted octanol–water partition coefficient (Wildman–Crippen LogP) is 3.64. The fourth-order valence-corrected chi connectivity index (χ4v) is 2.41. The summed E-state index contributed by atoms with van der Waals surface area (Å²) in [6.07, 6.45) is 0. The number of rotatable bonds is 4. The molecule has 0 aliphatic carbocycles. The lowest BCUT2D eigenvalue weighted by Crippen LogP contribution is -2.19. The number of thiophene rings is 1. The molecule has 0 saturated heterocycles. The van der Waals surface area contributed by atoms with Crippen LogP contribution in [-0.2, 0) is 4.79 Å². The Labute approximate surface area is 108 Å². The minimum Gasteiger partial charge on any atom is -0.479 e. The minimum absolute atomic E-state index is 0.574. The van der Waals surface area contributed by atoms with E-state index in [1.807, 2.05) is 11.4 Å². The van der Waals surface area contributed by atoms with Gasteiger partial charge in [-0.1, -0.05) is 23.7 Å². The molecule has 2 N–H and O–H groups in total. The van der Waals surface area contributed by atoms with Gasteiger partial charge in [-0.05, 0) is 29.6 Å². The second-order valence-corrected chi connectivity index (χ2v) is 4.86. The zero-order valence-electron chi connectivity index (χ0n) is 8.76. The predicted molar refractivity (Wildman–Crippen MR) is 69.8 cm³/mol. The number of hydrogen-bond acceptors (Lipinski definition) is 3. The number of carboxylic acid groups (broad SMARTS) is 1. The zero-order valence-corrected chi connectivity index (χ0v) is 10.3. The van der Waals surface area contributed by atoms with Gasteiger partial charge < -0.3 is 10.4 Å². The normalized spacial score (nSPS) is 12.1. The van der Waals surface area contributed by atoms with Crippen LogP contribution >= 0.6 is 22.9 Å². The molecule has 0 aliphatic rings. The van der Waals surface area contributed by atoms with Crippen molar-refractivity contribution in [3.63, 3.8) is 0 Å². The van der Waals surface area contributed by atoms with Crippen LogP contribution in [0.15, 0.2) is 41.8 Å². The van der Waals surface area contributed by atoms with Crippen molar-refractivity contribution in [2.24, 2.45) is 0 Å². The number of hydrogen-bond donors (Lipinski definition) is 2. The molecule has 1 atom stereocenters. The molecule has 3 nitrogen and oxygen atoms in total. The molecule has 1 aromatic carbocycles. The van der Waals surface area contributed by atoms with Gasteiger partial charge in [-0.2, -0.15) is 0 Å². The second-order valence-electron chi connectivity index (χ2n) is 3.44. The number of anilines is 1. The Bertz CT molecular complexity index is 513. The number of benzene rings is 1. The highest BCUT2D eigenvalue weighted by Crippen LogP contribution is 2.25. The van der Waals surface area contributed by atoms with E-state index in [1.165, 1.54) is 11.3 Å². The van der Waals surface area contributed by atoms with Crippen molar-refractivity contribution < 1.29 is 9.90 Å². The van der Waals surface area contributed by atoms with Crippen molar-refractivity contribution in [3.05, 3.63) is 51.7 Å². The van der Waals surface area contributed by atoms with E-state index in [1.54, 1.807) is 30.3 Å². The fourth-order valence-electron chi connectivity index (χ4n) is 1.46. The summed E-state index contributed by atoms with van der Waals surface area (Å²) in [4.78, 5) is 12.0. The molecule has 5 heteroatoms. The van der Waals surface area contributed by atoms with E-state index in [0.29, 0.717) is 10.7 Å². The molecule has 2 rings (SSSR count). The van der Waals surface area contributed by atoms with Gasteiger partial charge >= 0.3 is 5.97 Å². The summed E-state index contributed by atoms with van der Waals surface area (Å²) in [6, 6.07) is 9.89. The van der Waals surface area contributed by atoms with Crippen molar-refractivity contribution in [2.45, 2.75) is 6.04 Å². The van der Waals surface area contributed by atoms with Crippen LogP contribution in [0, 0.1) is 0 Å². The molecule has 2 aromatic rings. The minimum atomic E-state index is -0.910. The zero-order chi connectivity index (χ0) is 12.3. The summed E-state index contributed by atoms with van der Waals surface area (Å²) in [5.74, 6) is -0.910. The van der Waals surface area contributed by atoms with Crippen LogP contribution < -0.4 is 5.32 Å².